The maximum absolute atomic E-state index is 12.9. The molecule has 4 rings (SSSR count). The van der Waals surface area contributed by atoms with Crippen LogP contribution in [-0.4, -0.2) is 29.9 Å². The van der Waals surface area contributed by atoms with Gasteiger partial charge >= 0.3 is 0 Å². The number of amides is 1. The largest absolute Gasteiger partial charge is 0.340 e. The van der Waals surface area contributed by atoms with Gasteiger partial charge in [-0.15, -0.1) is 12.4 Å². The van der Waals surface area contributed by atoms with Crippen LogP contribution in [0.3, 0.4) is 0 Å². The van der Waals surface area contributed by atoms with Crippen LogP contribution in [0.15, 0.2) is 54.6 Å². The van der Waals surface area contributed by atoms with E-state index >= 15 is 0 Å². The van der Waals surface area contributed by atoms with Crippen molar-refractivity contribution in [3.8, 4) is 0 Å². The molecule has 2 N–H and O–H groups in total. The topological polar surface area (TPSA) is 46.3 Å². The third kappa shape index (κ3) is 3.55. The van der Waals surface area contributed by atoms with Crippen molar-refractivity contribution < 1.29 is 4.79 Å². The molecule has 2 aromatic carbocycles. The number of nitrogens with two attached hydrogens (primary N) is 1. The van der Waals surface area contributed by atoms with Gasteiger partial charge in [-0.1, -0.05) is 60.1 Å². The Bertz CT molecular complexity index is 752. The van der Waals surface area contributed by atoms with E-state index in [1.54, 1.807) is 0 Å². The Morgan fingerprint density at radius 3 is 2.40 bits per heavy atom. The quantitative estimate of drug-likeness (QED) is 0.884. The first-order valence-corrected chi connectivity index (χ1v) is 8.86. The number of likely N-dealkylation sites (tertiary alicyclic amines) is 1. The first-order chi connectivity index (χ1) is 11.6. The molecular weight excluding hydrogens is 355 g/mol. The minimum atomic E-state index is 0. The molecule has 0 bridgehead atoms. The van der Waals surface area contributed by atoms with Crippen LogP contribution in [-0.2, 0) is 4.79 Å². The third-order valence-corrected chi connectivity index (χ3v) is 5.66. The molecule has 2 aromatic rings. The maximum atomic E-state index is 12.9. The molecule has 0 aromatic heterocycles. The number of halogens is 2. The van der Waals surface area contributed by atoms with Gasteiger partial charge in [0.25, 0.3) is 0 Å². The molecule has 1 aliphatic heterocycles. The van der Waals surface area contributed by atoms with Gasteiger partial charge in [0, 0.05) is 36.0 Å². The molecule has 3 nitrogen and oxygen atoms in total. The average molecular weight is 377 g/mol. The van der Waals surface area contributed by atoms with Crippen molar-refractivity contribution in [3.05, 3.63) is 70.7 Å². The Morgan fingerprint density at radius 2 is 1.68 bits per heavy atom. The van der Waals surface area contributed by atoms with Gasteiger partial charge in [0.2, 0.25) is 5.91 Å². The van der Waals surface area contributed by atoms with Crippen molar-refractivity contribution in [3.63, 3.8) is 0 Å². The third-order valence-electron chi connectivity index (χ3n) is 5.32. The van der Waals surface area contributed by atoms with Crippen molar-refractivity contribution in [2.75, 3.05) is 13.1 Å². The highest BCUT2D eigenvalue weighted by molar-refractivity contribution is 6.31. The SMILES string of the molecule is Cl.N[C@@H]1CN(C(=O)C2CC2c2ccccc2Cl)C[C@H]1c1ccccc1. The van der Waals surface area contributed by atoms with E-state index in [1.807, 2.05) is 47.4 Å². The summed E-state index contributed by atoms with van der Waals surface area (Å²) in [5.41, 5.74) is 8.63. The van der Waals surface area contributed by atoms with Crippen molar-refractivity contribution in [2.24, 2.45) is 11.7 Å². The summed E-state index contributed by atoms with van der Waals surface area (Å²) in [5, 5.41) is 0.762. The summed E-state index contributed by atoms with van der Waals surface area (Å²) in [6, 6.07) is 18.1. The summed E-state index contributed by atoms with van der Waals surface area (Å²) in [5.74, 6) is 0.784. The Labute approximate surface area is 159 Å². The zero-order valence-electron chi connectivity index (χ0n) is 13.8. The number of rotatable bonds is 3. The first kappa shape index (κ1) is 18.2. The normalized spacial score (nSPS) is 27.7. The van der Waals surface area contributed by atoms with E-state index in [0.717, 1.165) is 23.6 Å². The molecule has 4 atom stereocenters. The summed E-state index contributed by atoms with van der Waals surface area (Å²) in [6.45, 7) is 1.36. The average Bonchev–Trinajstić information content (AvgIpc) is 3.30. The summed E-state index contributed by atoms with van der Waals surface area (Å²) in [6.07, 6.45) is 0.893. The second-order valence-electron chi connectivity index (χ2n) is 6.89. The van der Waals surface area contributed by atoms with Crippen molar-refractivity contribution >= 4 is 29.9 Å². The van der Waals surface area contributed by atoms with Gasteiger partial charge in [-0.25, -0.2) is 0 Å². The number of carbonyl (C=O) groups is 1. The second kappa shape index (κ2) is 7.36. The van der Waals surface area contributed by atoms with E-state index in [-0.39, 0.29) is 42.1 Å². The zero-order valence-corrected chi connectivity index (χ0v) is 15.4. The lowest BCUT2D eigenvalue weighted by Crippen LogP contribution is -2.33. The van der Waals surface area contributed by atoms with E-state index in [0.29, 0.717) is 6.54 Å². The highest BCUT2D eigenvalue weighted by Crippen LogP contribution is 2.50. The minimum absolute atomic E-state index is 0. The highest BCUT2D eigenvalue weighted by atomic mass is 35.5. The Hall–Kier alpha value is -1.55. The Morgan fingerprint density at radius 1 is 1.00 bits per heavy atom. The molecule has 0 spiro atoms. The molecule has 1 saturated heterocycles. The molecule has 2 unspecified atom stereocenters. The molecule has 5 heteroatoms. The number of benzene rings is 2. The first-order valence-electron chi connectivity index (χ1n) is 8.49. The van der Waals surface area contributed by atoms with Crippen molar-refractivity contribution in [1.82, 2.24) is 4.90 Å². The lowest BCUT2D eigenvalue weighted by molar-refractivity contribution is -0.131. The van der Waals surface area contributed by atoms with Crippen LogP contribution < -0.4 is 5.73 Å². The van der Waals surface area contributed by atoms with E-state index in [4.69, 9.17) is 17.3 Å². The molecule has 1 heterocycles. The van der Waals surface area contributed by atoms with Crippen molar-refractivity contribution in [2.45, 2.75) is 24.3 Å². The van der Waals surface area contributed by atoms with Gasteiger partial charge < -0.3 is 10.6 Å². The van der Waals surface area contributed by atoms with Gasteiger partial charge in [-0.05, 0) is 29.5 Å². The second-order valence-corrected chi connectivity index (χ2v) is 7.30. The van der Waals surface area contributed by atoms with Crippen LogP contribution in [0, 0.1) is 5.92 Å². The van der Waals surface area contributed by atoms with E-state index < -0.39 is 0 Å². The molecular formula is C20H22Cl2N2O. The standard InChI is InChI=1S/C20H21ClN2O.ClH/c21-18-9-5-4-8-14(18)15-10-16(15)20(24)23-11-17(19(22)12-23)13-6-2-1-3-7-13;/h1-9,15-17,19H,10-12,22H2;1H/t15?,16?,17-,19+;/m0./s1. The van der Waals surface area contributed by atoms with Crippen LogP contribution in [0.25, 0.3) is 0 Å². The number of nitrogens with zero attached hydrogens (tertiary/aromatic N) is 1. The predicted molar refractivity (Wildman–Crippen MR) is 103 cm³/mol. The van der Waals surface area contributed by atoms with Crippen molar-refractivity contribution in [1.29, 1.82) is 0 Å². The summed E-state index contributed by atoms with van der Waals surface area (Å²) in [4.78, 5) is 14.8. The Kier molecular flexibility index (Phi) is 5.38. The number of hydrogen-bond acceptors (Lipinski definition) is 2. The van der Waals surface area contributed by atoms with Crippen LogP contribution in [0.5, 0.6) is 0 Å². The fraction of sp³-hybridized carbons (Fsp3) is 0.350. The van der Waals surface area contributed by atoms with Gasteiger partial charge in [-0.2, -0.15) is 0 Å². The minimum Gasteiger partial charge on any atom is -0.340 e. The highest BCUT2D eigenvalue weighted by Gasteiger charge is 2.48. The Balaban J connectivity index is 0.00000182. The fourth-order valence-corrected chi connectivity index (χ4v) is 4.16. The maximum Gasteiger partial charge on any atom is 0.226 e. The molecule has 1 saturated carbocycles. The van der Waals surface area contributed by atoms with Crippen LogP contribution in [0.2, 0.25) is 5.02 Å². The zero-order chi connectivity index (χ0) is 16.7. The summed E-state index contributed by atoms with van der Waals surface area (Å²) in [7, 11) is 0. The van der Waals surface area contributed by atoms with Gasteiger partial charge in [-0.3, -0.25) is 4.79 Å². The monoisotopic (exact) mass is 376 g/mol. The lowest BCUT2D eigenvalue weighted by Gasteiger charge is -2.17. The lowest BCUT2D eigenvalue weighted by atomic mass is 9.95. The molecule has 2 aliphatic rings. The molecule has 0 radical (unpaired) electrons. The predicted octanol–water partition coefficient (Wildman–Crippen LogP) is 3.82. The van der Waals surface area contributed by atoms with Crippen LogP contribution in [0.1, 0.15) is 29.4 Å². The summed E-state index contributed by atoms with van der Waals surface area (Å²) < 4.78 is 0. The van der Waals surface area contributed by atoms with Gasteiger partial charge in [0.15, 0.2) is 0 Å². The number of hydrogen-bond donors (Lipinski definition) is 1. The van der Waals surface area contributed by atoms with Gasteiger partial charge in [0.05, 0.1) is 0 Å². The smallest absolute Gasteiger partial charge is 0.226 e. The van der Waals surface area contributed by atoms with E-state index in [9.17, 15) is 4.79 Å². The molecule has 1 amide bonds. The molecule has 1 aliphatic carbocycles. The molecule has 25 heavy (non-hydrogen) atoms. The van der Waals surface area contributed by atoms with Crippen LogP contribution >= 0.6 is 24.0 Å². The summed E-state index contributed by atoms with van der Waals surface area (Å²) >= 11 is 6.27. The molecule has 2 fully saturated rings. The fourth-order valence-electron chi connectivity index (χ4n) is 3.88. The van der Waals surface area contributed by atoms with E-state index in [1.165, 1.54) is 5.56 Å². The van der Waals surface area contributed by atoms with Gasteiger partial charge in [0.1, 0.15) is 0 Å². The molecule has 132 valence electrons. The van der Waals surface area contributed by atoms with Crippen LogP contribution in [0.4, 0.5) is 0 Å². The van der Waals surface area contributed by atoms with E-state index in [2.05, 4.69) is 12.1 Å². The number of carbonyl (C=O) groups excluding carboxylic acids is 1.